The number of aliphatic hydroxyl groups is 1. The first kappa shape index (κ1) is 15.5. The molecule has 0 bridgehead atoms. The van der Waals surface area contributed by atoms with Crippen molar-refractivity contribution in [2.24, 2.45) is 0 Å². The number of hydrogen-bond donors (Lipinski definition) is 1. The predicted octanol–water partition coefficient (Wildman–Crippen LogP) is 2.16. The van der Waals surface area contributed by atoms with Crippen molar-refractivity contribution in [3.63, 3.8) is 0 Å². The summed E-state index contributed by atoms with van der Waals surface area (Å²) >= 11 is 0. The maximum Gasteiger partial charge on any atom is 0.423 e. The molecule has 116 valence electrons. The molecule has 6 nitrogen and oxygen atoms in total. The van der Waals surface area contributed by atoms with Crippen LogP contribution < -0.4 is 4.90 Å². The standard InChI is InChI=1S/C12H13F3N2O4/c1-7-16(5-9(6-18)21-7)8-2-3-11(17(19)20)10(4-8)12(13,14)15/h2-4,7,9,18H,5-6H2,1H3/t7-,9+/m1/s1. The Kier molecular flexibility index (Phi) is 4.06. The van der Waals surface area contributed by atoms with Crippen molar-refractivity contribution in [1.82, 2.24) is 0 Å². The molecule has 0 unspecified atom stereocenters. The minimum Gasteiger partial charge on any atom is -0.394 e. The van der Waals surface area contributed by atoms with E-state index in [4.69, 9.17) is 9.84 Å². The quantitative estimate of drug-likeness (QED) is 0.684. The molecule has 1 aliphatic rings. The molecular weight excluding hydrogens is 293 g/mol. The van der Waals surface area contributed by atoms with Crippen LogP contribution in [0.2, 0.25) is 0 Å². The Bertz CT molecular complexity index is 550. The van der Waals surface area contributed by atoms with Crippen molar-refractivity contribution in [2.45, 2.75) is 25.4 Å². The highest BCUT2D eigenvalue weighted by Crippen LogP contribution is 2.39. The van der Waals surface area contributed by atoms with E-state index in [1.807, 2.05) is 0 Å². The summed E-state index contributed by atoms with van der Waals surface area (Å²) in [7, 11) is 0. The van der Waals surface area contributed by atoms with E-state index in [-0.39, 0.29) is 18.8 Å². The van der Waals surface area contributed by atoms with E-state index >= 15 is 0 Å². The lowest BCUT2D eigenvalue weighted by atomic mass is 10.1. The molecule has 1 heterocycles. The number of ether oxygens (including phenoxy) is 1. The molecule has 0 aromatic heterocycles. The summed E-state index contributed by atoms with van der Waals surface area (Å²) in [6.45, 7) is 1.59. The van der Waals surface area contributed by atoms with Gasteiger partial charge in [-0.1, -0.05) is 0 Å². The lowest BCUT2D eigenvalue weighted by molar-refractivity contribution is -0.388. The number of anilines is 1. The van der Waals surface area contributed by atoms with E-state index in [0.29, 0.717) is 0 Å². The molecule has 0 spiro atoms. The number of rotatable bonds is 3. The van der Waals surface area contributed by atoms with Crippen LogP contribution in [-0.2, 0) is 10.9 Å². The van der Waals surface area contributed by atoms with Gasteiger partial charge in [-0.2, -0.15) is 13.2 Å². The van der Waals surface area contributed by atoms with Crippen LogP contribution in [0.4, 0.5) is 24.5 Å². The van der Waals surface area contributed by atoms with Crippen molar-refractivity contribution in [2.75, 3.05) is 18.1 Å². The van der Waals surface area contributed by atoms with Crippen LogP contribution in [0, 0.1) is 10.1 Å². The molecule has 0 radical (unpaired) electrons. The third-order valence-electron chi connectivity index (χ3n) is 3.25. The highest BCUT2D eigenvalue weighted by atomic mass is 19.4. The van der Waals surface area contributed by atoms with Gasteiger partial charge in [-0.05, 0) is 19.1 Å². The molecule has 1 aromatic carbocycles. The second kappa shape index (κ2) is 5.49. The van der Waals surface area contributed by atoms with Crippen molar-refractivity contribution in [1.29, 1.82) is 0 Å². The molecule has 9 heteroatoms. The number of alkyl halides is 3. The molecular formula is C12H13F3N2O4. The number of aliphatic hydroxyl groups excluding tert-OH is 1. The van der Waals surface area contributed by atoms with Crippen molar-refractivity contribution in [3.8, 4) is 0 Å². The van der Waals surface area contributed by atoms with E-state index in [1.165, 1.54) is 11.0 Å². The van der Waals surface area contributed by atoms with Crippen LogP contribution in [0.5, 0.6) is 0 Å². The molecule has 1 aliphatic heterocycles. The molecule has 2 rings (SSSR count). The summed E-state index contributed by atoms with van der Waals surface area (Å²) in [5, 5.41) is 19.7. The van der Waals surface area contributed by atoms with Crippen molar-refractivity contribution >= 4 is 11.4 Å². The van der Waals surface area contributed by atoms with Crippen LogP contribution in [0.15, 0.2) is 18.2 Å². The lowest BCUT2D eigenvalue weighted by Gasteiger charge is -2.22. The van der Waals surface area contributed by atoms with Gasteiger partial charge in [0.15, 0.2) is 0 Å². The third kappa shape index (κ3) is 3.08. The predicted molar refractivity (Wildman–Crippen MR) is 66.9 cm³/mol. The van der Waals surface area contributed by atoms with Gasteiger partial charge >= 0.3 is 6.18 Å². The summed E-state index contributed by atoms with van der Waals surface area (Å²) in [6.07, 6.45) is -5.84. The SMILES string of the molecule is C[C@H]1O[C@H](CO)CN1c1ccc([N+](=O)[O-])c(C(F)(F)F)c1. The maximum atomic E-state index is 12.9. The number of nitro groups is 1. The van der Waals surface area contributed by atoms with Crippen LogP contribution in [0.3, 0.4) is 0 Å². The normalized spacial score (nSPS) is 22.6. The van der Waals surface area contributed by atoms with Crippen LogP contribution in [0.1, 0.15) is 12.5 Å². The van der Waals surface area contributed by atoms with Gasteiger partial charge in [0.05, 0.1) is 11.5 Å². The summed E-state index contributed by atoms with van der Waals surface area (Å²) < 4.78 is 44.1. The zero-order chi connectivity index (χ0) is 15.8. The zero-order valence-electron chi connectivity index (χ0n) is 11.0. The van der Waals surface area contributed by atoms with Gasteiger partial charge in [0, 0.05) is 18.3 Å². The number of halogens is 3. The summed E-state index contributed by atoms with van der Waals surface area (Å²) in [5.74, 6) is 0. The molecule has 0 amide bonds. The average molecular weight is 306 g/mol. The Morgan fingerprint density at radius 3 is 2.67 bits per heavy atom. The Labute approximate surface area is 117 Å². The largest absolute Gasteiger partial charge is 0.423 e. The van der Waals surface area contributed by atoms with E-state index in [9.17, 15) is 23.3 Å². The van der Waals surface area contributed by atoms with E-state index in [1.54, 1.807) is 6.92 Å². The van der Waals surface area contributed by atoms with Crippen LogP contribution >= 0.6 is 0 Å². The fourth-order valence-electron chi connectivity index (χ4n) is 2.27. The molecule has 0 saturated carbocycles. The molecule has 1 saturated heterocycles. The van der Waals surface area contributed by atoms with Gasteiger partial charge in [0.2, 0.25) is 0 Å². The van der Waals surface area contributed by atoms with E-state index in [0.717, 1.165) is 12.1 Å². The fourth-order valence-corrected chi connectivity index (χ4v) is 2.27. The Morgan fingerprint density at radius 2 is 2.19 bits per heavy atom. The summed E-state index contributed by atoms with van der Waals surface area (Å²) in [4.78, 5) is 11.1. The topological polar surface area (TPSA) is 75.8 Å². The van der Waals surface area contributed by atoms with Gasteiger partial charge in [0.1, 0.15) is 17.9 Å². The average Bonchev–Trinajstić information content (AvgIpc) is 2.78. The first-order valence-corrected chi connectivity index (χ1v) is 6.12. The number of hydrogen-bond acceptors (Lipinski definition) is 5. The molecule has 1 fully saturated rings. The Balaban J connectivity index is 2.41. The first-order valence-electron chi connectivity index (χ1n) is 6.12. The highest BCUT2D eigenvalue weighted by molar-refractivity contribution is 5.57. The molecule has 21 heavy (non-hydrogen) atoms. The molecule has 2 atom stereocenters. The number of nitrogens with zero attached hydrogens (tertiary/aromatic N) is 2. The number of nitro benzene ring substituents is 1. The van der Waals surface area contributed by atoms with Gasteiger partial charge < -0.3 is 14.7 Å². The molecule has 1 N–H and O–H groups in total. The molecule has 0 aliphatic carbocycles. The Hall–Kier alpha value is -1.87. The zero-order valence-corrected chi connectivity index (χ0v) is 11.0. The lowest BCUT2D eigenvalue weighted by Crippen LogP contribution is -2.28. The van der Waals surface area contributed by atoms with Gasteiger partial charge in [-0.25, -0.2) is 0 Å². The maximum absolute atomic E-state index is 12.9. The number of benzene rings is 1. The first-order chi connectivity index (χ1) is 9.74. The van der Waals surface area contributed by atoms with Crippen molar-refractivity contribution in [3.05, 3.63) is 33.9 Å². The summed E-state index contributed by atoms with van der Waals surface area (Å²) in [6, 6.07) is 2.81. The van der Waals surface area contributed by atoms with Gasteiger partial charge in [-0.15, -0.1) is 0 Å². The smallest absolute Gasteiger partial charge is 0.394 e. The second-order valence-electron chi connectivity index (χ2n) is 4.65. The second-order valence-corrected chi connectivity index (χ2v) is 4.65. The van der Waals surface area contributed by atoms with Crippen molar-refractivity contribution < 1.29 is 27.9 Å². The monoisotopic (exact) mass is 306 g/mol. The highest BCUT2D eigenvalue weighted by Gasteiger charge is 2.39. The minimum atomic E-state index is -4.82. The fraction of sp³-hybridized carbons (Fsp3) is 0.500. The summed E-state index contributed by atoms with van der Waals surface area (Å²) in [5.41, 5.74) is -2.13. The third-order valence-corrected chi connectivity index (χ3v) is 3.25. The van der Waals surface area contributed by atoms with Crippen LogP contribution in [0.25, 0.3) is 0 Å². The van der Waals surface area contributed by atoms with E-state index < -0.39 is 34.7 Å². The van der Waals surface area contributed by atoms with Gasteiger partial charge in [0.25, 0.3) is 5.69 Å². The Morgan fingerprint density at radius 1 is 1.52 bits per heavy atom. The van der Waals surface area contributed by atoms with E-state index in [2.05, 4.69) is 0 Å². The minimum absolute atomic E-state index is 0.163. The van der Waals surface area contributed by atoms with Gasteiger partial charge in [-0.3, -0.25) is 10.1 Å². The van der Waals surface area contributed by atoms with Crippen LogP contribution in [-0.4, -0.2) is 35.5 Å². The molecule has 1 aromatic rings.